The van der Waals surface area contributed by atoms with Crippen molar-refractivity contribution in [1.82, 2.24) is 19.1 Å². The van der Waals surface area contributed by atoms with Crippen molar-refractivity contribution in [2.24, 2.45) is 0 Å². The summed E-state index contributed by atoms with van der Waals surface area (Å²) in [4.78, 5) is 0.135. The molecule has 32 heavy (non-hydrogen) atoms. The SMILES string of the molecule is CCN(CC)S(=O)(=O)c1cc(OC)c(OC)cc1Cc1n[nH]c(=S)n1-c1ccc(Cl)cc1. The molecule has 172 valence electrons. The third kappa shape index (κ3) is 4.68. The Kier molecular flexibility index (Phi) is 7.60. The molecule has 0 bridgehead atoms. The van der Waals surface area contributed by atoms with E-state index in [1.165, 1.54) is 24.6 Å². The van der Waals surface area contributed by atoms with Crippen LogP contribution in [0.1, 0.15) is 25.2 Å². The van der Waals surface area contributed by atoms with Crippen LogP contribution in [0.15, 0.2) is 41.3 Å². The van der Waals surface area contributed by atoms with Gasteiger partial charge in [-0.1, -0.05) is 25.4 Å². The monoisotopic (exact) mass is 496 g/mol. The number of halogens is 1. The number of nitrogens with zero attached hydrogens (tertiary/aromatic N) is 3. The number of hydrogen-bond acceptors (Lipinski definition) is 6. The average Bonchev–Trinajstić information content (AvgIpc) is 3.14. The lowest BCUT2D eigenvalue weighted by molar-refractivity contribution is 0.353. The maximum atomic E-state index is 13.4. The zero-order valence-electron chi connectivity index (χ0n) is 18.3. The van der Waals surface area contributed by atoms with Gasteiger partial charge in [0, 0.05) is 36.3 Å². The highest BCUT2D eigenvalue weighted by atomic mass is 35.5. The van der Waals surface area contributed by atoms with Gasteiger partial charge in [0.1, 0.15) is 5.82 Å². The molecule has 0 aliphatic carbocycles. The Morgan fingerprint density at radius 2 is 1.69 bits per heavy atom. The summed E-state index contributed by atoms with van der Waals surface area (Å²) in [6.45, 7) is 4.28. The van der Waals surface area contributed by atoms with E-state index < -0.39 is 10.0 Å². The van der Waals surface area contributed by atoms with Gasteiger partial charge in [-0.05, 0) is 48.1 Å². The van der Waals surface area contributed by atoms with Crippen LogP contribution in [0, 0.1) is 4.77 Å². The molecule has 0 saturated heterocycles. The minimum atomic E-state index is -3.78. The maximum Gasteiger partial charge on any atom is 0.243 e. The lowest BCUT2D eigenvalue weighted by atomic mass is 10.1. The van der Waals surface area contributed by atoms with Crippen LogP contribution in [0.4, 0.5) is 0 Å². The molecule has 1 N–H and O–H groups in total. The number of nitrogens with one attached hydrogen (secondary N) is 1. The second-order valence-electron chi connectivity index (χ2n) is 6.84. The van der Waals surface area contributed by atoms with E-state index in [9.17, 15) is 8.42 Å². The van der Waals surface area contributed by atoms with Gasteiger partial charge in [-0.2, -0.15) is 9.40 Å². The third-order valence-corrected chi connectivity index (χ3v) is 7.72. The Hall–Kier alpha value is -2.40. The van der Waals surface area contributed by atoms with Gasteiger partial charge in [0.15, 0.2) is 16.3 Å². The van der Waals surface area contributed by atoms with Crippen LogP contribution in [0.25, 0.3) is 5.69 Å². The van der Waals surface area contributed by atoms with Crippen molar-refractivity contribution >= 4 is 33.8 Å². The summed E-state index contributed by atoms with van der Waals surface area (Å²) in [5.74, 6) is 1.30. The molecular weight excluding hydrogens is 472 g/mol. The van der Waals surface area contributed by atoms with Crippen LogP contribution in [0.5, 0.6) is 11.5 Å². The number of sulfonamides is 1. The highest BCUT2D eigenvalue weighted by molar-refractivity contribution is 7.89. The van der Waals surface area contributed by atoms with Crippen LogP contribution >= 0.6 is 23.8 Å². The molecule has 3 aromatic rings. The number of benzene rings is 2. The summed E-state index contributed by atoms with van der Waals surface area (Å²) < 4.78 is 41.2. The number of methoxy groups -OCH3 is 2. The predicted molar refractivity (Wildman–Crippen MR) is 126 cm³/mol. The molecule has 0 aliphatic rings. The van der Waals surface area contributed by atoms with Gasteiger partial charge in [-0.3, -0.25) is 9.67 Å². The topological polar surface area (TPSA) is 89.5 Å². The standard InChI is InChI=1S/C21H25ClN4O4S2/c1-5-25(6-2)32(27,28)19-13-18(30-4)17(29-3)11-14(19)12-20-23-24-21(31)26(20)16-9-7-15(22)8-10-16/h7-11,13H,5-6,12H2,1-4H3,(H,24,31). The van der Waals surface area contributed by atoms with Crippen LogP contribution in [-0.2, 0) is 16.4 Å². The number of aromatic nitrogens is 3. The molecule has 0 atom stereocenters. The van der Waals surface area contributed by atoms with Crippen molar-refractivity contribution < 1.29 is 17.9 Å². The van der Waals surface area contributed by atoms with Crippen LogP contribution in [0.2, 0.25) is 5.02 Å². The van der Waals surface area contributed by atoms with Crippen molar-refractivity contribution in [3.8, 4) is 17.2 Å². The summed E-state index contributed by atoms with van der Waals surface area (Å²) in [5.41, 5.74) is 1.27. The van der Waals surface area contributed by atoms with Crippen molar-refractivity contribution in [3.05, 3.63) is 57.6 Å². The number of ether oxygens (including phenoxy) is 2. The molecule has 2 aromatic carbocycles. The Morgan fingerprint density at radius 3 is 2.25 bits per heavy atom. The van der Waals surface area contributed by atoms with E-state index in [0.717, 1.165) is 5.69 Å². The van der Waals surface area contributed by atoms with E-state index in [1.807, 2.05) is 12.1 Å². The summed E-state index contributed by atoms with van der Waals surface area (Å²) in [6.07, 6.45) is 0.186. The fourth-order valence-electron chi connectivity index (χ4n) is 3.46. The molecular formula is C21H25ClN4O4S2. The zero-order chi connectivity index (χ0) is 23.5. The van der Waals surface area contributed by atoms with E-state index in [2.05, 4.69) is 10.2 Å². The smallest absolute Gasteiger partial charge is 0.243 e. The summed E-state index contributed by atoms with van der Waals surface area (Å²) in [5, 5.41) is 7.74. The summed E-state index contributed by atoms with van der Waals surface area (Å²) >= 11 is 11.4. The van der Waals surface area contributed by atoms with E-state index in [0.29, 0.717) is 45.8 Å². The van der Waals surface area contributed by atoms with Gasteiger partial charge in [0.2, 0.25) is 10.0 Å². The van der Waals surface area contributed by atoms with Crippen molar-refractivity contribution in [2.75, 3.05) is 27.3 Å². The fourth-order valence-corrected chi connectivity index (χ4v) is 5.52. The molecule has 0 spiro atoms. The summed E-state index contributed by atoms with van der Waals surface area (Å²) in [7, 11) is -0.806. The van der Waals surface area contributed by atoms with Gasteiger partial charge in [0.05, 0.1) is 19.1 Å². The van der Waals surface area contributed by atoms with E-state index in [-0.39, 0.29) is 11.3 Å². The molecule has 1 heterocycles. The molecule has 0 saturated carbocycles. The Bertz CT molecular complexity index is 1250. The molecule has 0 amide bonds. The largest absolute Gasteiger partial charge is 0.493 e. The minimum Gasteiger partial charge on any atom is -0.493 e. The molecule has 3 rings (SSSR count). The highest BCUT2D eigenvalue weighted by Gasteiger charge is 2.28. The normalized spacial score (nSPS) is 11.7. The second-order valence-corrected chi connectivity index (χ2v) is 9.57. The zero-order valence-corrected chi connectivity index (χ0v) is 20.6. The Balaban J connectivity index is 2.19. The first kappa shape index (κ1) is 24.2. The number of aromatic amines is 1. The summed E-state index contributed by atoms with van der Waals surface area (Å²) in [6, 6.07) is 10.3. The predicted octanol–water partition coefficient (Wildman–Crippen LogP) is 4.22. The average molecular weight is 497 g/mol. The van der Waals surface area contributed by atoms with Crippen LogP contribution in [-0.4, -0.2) is 54.8 Å². The molecule has 0 unspecified atom stereocenters. The number of rotatable bonds is 9. The molecule has 0 aliphatic heterocycles. The Morgan fingerprint density at radius 1 is 1.09 bits per heavy atom. The molecule has 1 aromatic heterocycles. The maximum absolute atomic E-state index is 13.4. The first-order chi connectivity index (χ1) is 15.3. The second kappa shape index (κ2) is 10.0. The minimum absolute atomic E-state index is 0.135. The van der Waals surface area contributed by atoms with Crippen molar-refractivity contribution in [1.29, 1.82) is 0 Å². The van der Waals surface area contributed by atoms with Gasteiger partial charge >= 0.3 is 0 Å². The van der Waals surface area contributed by atoms with Gasteiger partial charge < -0.3 is 9.47 Å². The molecule has 0 fully saturated rings. The van der Waals surface area contributed by atoms with E-state index >= 15 is 0 Å². The van der Waals surface area contributed by atoms with Gasteiger partial charge in [0.25, 0.3) is 0 Å². The Labute approximate surface area is 197 Å². The third-order valence-electron chi connectivity index (χ3n) is 5.07. The van der Waals surface area contributed by atoms with Crippen molar-refractivity contribution in [2.45, 2.75) is 25.2 Å². The lowest BCUT2D eigenvalue weighted by Gasteiger charge is -2.22. The first-order valence-electron chi connectivity index (χ1n) is 9.94. The molecule has 11 heteroatoms. The van der Waals surface area contributed by atoms with Gasteiger partial charge in [-0.15, -0.1) is 0 Å². The first-order valence-corrected chi connectivity index (χ1v) is 12.2. The molecule has 8 nitrogen and oxygen atoms in total. The fraction of sp³-hybridized carbons (Fsp3) is 0.333. The van der Waals surface area contributed by atoms with Crippen molar-refractivity contribution in [3.63, 3.8) is 0 Å². The number of H-pyrrole nitrogens is 1. The highest BCUT2D eigenvalue weighted by Crippen LogP contribution is 2.35. The van der Waals surface area contributed by atoms with Crippen LogP contribution in [0.3, 0.4) is 0 Å². The van der Waals surface area contributed by atoms with E-state index in [4.69, 9.17) is 33.3 Å². The lowest BCUT2D eigenvalue weighted by Crippen LogP contribution is -2.31. The quantitative estimate of drug-likeness (QED) is 0.446. The van der Waals surface area contributed by atoms with E-state index in [1.54, 1.807) is 36.6 Å². The van der Waals surface area contributed by atoms with Gasteiger partial charge in [-0.25, -0.2) is 8.42 Å². The molecule has 0 radical (unpaired) electrons. The number of hydrogen-bond donors (Lipinski definition) is 1. The van der Waals surface area contributed by atoms with Crippen LogP contribution < -0.4 is 9.47 Å².